The first-order chi connectivity index (χ1) is 22.0. The summed E-state index contributed by atoms with van der Waals surface area (Å²) in [5, 5.41) is 12.0. The minimum absolute atomic E-state index is 0.0152. The summed E-state index contributed by atoms with van der Waals surface area (Å²) < 4.78 is 18.2. The van der Waals surface area contributed by atoms with Gasteiger partial charge in [-0.05, 0) is 54.8 Å². The maximum atomic E-state index is 13.2. The van der Waals surface area contributed by atoms with Gasteiger partial charge in [0.25, 0.3) is 5.91 Å². The van der Waals surface area contributed by atoms with Gasteiger partial charge in [0.15, 0.2) is 6.29 Å². The summed E-state index contributed by atoms with van der Waals surface area (Å²) in [4.78, 5) is 41.9. The lowest BCUT2D eigenvalue weighted by atomic mass is 9.99. The lowest BCUT2D eigenvalue weighted by Crippen LogP contribution is -2.42. The SMILES string of the molecule is O=C(NC1CC(=O)N(c2ccc([C@H]3O[C@@H](CN4CCCCC4)C[C@@H](c4ccc(CO)cc4)O3)cc2)C1=O)OCc1ccccc1. The van der Waals surface area contributed by atoms with Crippen LogP contribution in [0.5, 0.6) is 0 Å². The van der Waals surface area contributed by atoms with Gasteiger partial charge in [-0.2, -0.15) is 0 Å². The zero-order valence-electron chi connectivity index (χ0n) is 25.2. The summed E-state index contributed by atoms with van der Waals surface area (Å²) in [7, 11) is 0. The number of carbonyl (C=O) groups is 3. The maximum Gasteiger partial charge on any atom is 0.408 e. The number of piperidine rings is 1. The van der Waals surface area contributed by atoms with Crippen LogP contribution in [-0.4, -0.2) is 59.7 Å². The normalized spacial score (nSPS) is 24.1. The van der Waals surface area contributed by atoms with Gasteiger partial charge in [-0.3, -0.25) is 9.59 Å². The van der Waals surface area contributed by atoms with E-state index in [9.17, 15) is 19.5 Å². The van der Waals surface area contributed by atoms with Crippen LogP contribution < -0.4 is 10.2 Å². The van der Waals surface area contributed by atoms with Crippen molar-refractivity contribution < 1.29 is 33.7 Å². The number of alkyl carbamates (subject to hydrolysis) is 1. The highest BCUT2D eigenvalue weighted by Crippen LogP contribution is 2.39. The van der Waals surface area contributed by atoms with Gasteiger partial charge in [0, 0.05) is 18.5 Å². The molecule has 3 saturated heterocycles. The number of aliphatic hydroxyl groups excluding tert-OH is 1. The van der Waals surface area contributed by atoms with E-state index in [1.807, 2.05) is 66.7 Å². The topological polar surface area (TPSA) is 118 Å². The number of rotatable bonds is 9. The van der Waals surface area contributed by atoms with E-state index >= 15 is 0 Å². The molecule has 3 amide bonds. The molecule has 3 heterocycles. The molecule has 0 radical (unpaired) electrons. The minimum Gasteiger partial charge on any atom is -0.445 e. The van der Waals surface area contributed by atoms with Gasteiger partial charge < -0.3 is 29.5 Å². The van der Waals surface area contributed by atoms with Crippen molar-refractivity contribution >= 4 is 23.6 Å². The highest BCUT2D eigenvalue weighted by molar-refractivity contribution is 6.22. The highest BCUT2D eigenvalue weighted by Gasteiger charge is 2.41. The lowest BCUT2D eigenvalue weighted by Gasteiger charge is -2.39. The van der Waals surface area contributed by atoms with E-state index in [2.05, 4.69) is 10.2 Å². The number of anilines is 1. The van der Waals surface area contributed by atoms with Crippen molar-refractivity contribution in [3.63, 3.8) is 0 Å². The molecule has 0 aromatic heterocycles. The van der Waals surface area contributed by atoms with Crippen LogP contribution in [0.15, 0.2) is 78.9 Å². The van der Waals surface area contributed by atoms with Crippen molar-refractivity contribution in [1.82, 2.24) is 10.2 Å². The number of benzene rings is 3. The molecule has 0 saturated carbocycles. The number of hydrogen-bond acceptors (Lipinski definition) is 8. The monoisotopic (exact) mass is 613 g/mol. The zero-order chi connectivity index (χ0) is 31.2. The predicted octanol–water partition coefficient (Wildman–Crippen LogP) is 4.77. The summed E-state index contributed by atoms with van der Waals surface area (Å²) in [5.41, 5.74) is 3.87. The molecule has 45 heavy (non-hydrogen) atoms. The quantitative estimate of drug-likeness (QED) is 0.332. The second-order valence-corrected chi connectivity index (χ2v) is 11.8. The average Bonchev–Trinajstić information content (AvgIpc) is 3.36. The van der Waals surface area contributed by atoms with E-state index in [0.717, 1.165) is 46.8 Å². The summed E-state index contributed by atoms with van der Waals surface area (Å²) in [6.45, 7) is 3.00. The minimum atomic E-state index is -1.00. The van der Waals surface area contributed by atoms with Crippen molar-refractivity contribution in [2.75, 3.05) is 24.5 Å². The average molecular weight is 614 g/mol. The Kier molecular flexibility index (Phi) is 9.85. The zero-order valence-corrected chi connectivity index (χ0v) is 25.2. The van der Waals surface area contributed by atoms with E-state index < -0.39 is 30.2 Å². The Bertz CT molecular complexity index is 1460. The molecule has 0 bridgehead atoms. The molecule has 2 N–H and O–H groups in total. The van der Waals surface area contributed by atoms with Crippen LogP contribution in [0.1, 0.15) is 66.8 Å². The molecule has 236 valence electrons. The van der Waals surface area contributed by atoms with Crippen molar-refractivity contribution in [2.24, 2.45) is 0 Å². The van der Waals surface area contributed by atoms with Gasteiger partial charge in [0.2, 0.25) is 5.91 Å². The Labute approximate surface area is 262 Å². The van der Waals surface area contributed by atoms with E-state index in [1.165, 1.54) is 19.3 Å². The second-order valence-electron chi connectivity index (χ2n) is 11.8. The Morgan fingerprint density at radius 2 is 1.58 bits per heavy atom. The van der Waals surface area contributed by atoms with Crippen LogP contribution in [0, 0.1) is 0 Å². The van der Waals surface area contributed by atoms with E-state index in [4.69, 9.17) is 14.2 Å². The van der Waals surface area contributed by atoms with Gasteiger partial charge in [0.05, 0.1) is 30.9 Å². The van der Waals surface area contributed by atoms with Gasteiger partial charge in [0.1, 0.15) is 12.6 Å². The number of carbonyl (C=O) groups excluding carboxylic acids is 3. The fourth-order valence-electron chi connectivity index (χ4n) is 6.17. The first-order valence-corrected chi connectivity index (χ1v) is 15.6. The Morgan fingerprint density at radius 1 is 0.867 bits per heavy atom. The van der Waals surface area contributed by atoms with Crippen LogP contribution in [-0.2, 0) is 37.0 Å². The number of likely N-dealkylation sites (tertiary alicyclic amines) is 1. The molecule has 10 nitrogen and oxygen atoms in total. The third kappa shape index (κ3) is 7.59. The predicted molar refractivity (Wildman–Crippen MR) is 166 cm³/mol. The number of hydrogen-bond donors (Lipinski definition) is 2. The van der Waals surface area contributed by atoms with Crippen LogP contribution in [0.3, 0.4) is 0 Å². The molecule has 0 spiro atoms. The summed E-state index contributed by atoms with van der Waals surface area (Å²) in [6, 6.07) is 23.0. The van der Waals surface area contributed by atoms with Crippen LogP contribution in [0.2, 0.25) is 0 Å². The Balaban J connectivity index is 1.12. The molecule has 4 atom stereocenters. The Morgan fingerprint density at radius 3 is 2.29 bits per heavy atom. The van der Waals surface area contributed by atoms with Crippen LogP contribution in [0.25, 0.3) is 0 Å². The molecule has 10 heteroatoms. The maximum absolute atomic E-state index is 13.2. The first kappa shape index (κ1) is 30.9. The summed E-state index contributed by atoms with van der Waals surface area (Å²) in [5.74, 6) is -0.915. The smallest absolute Gasteiger partial charge is 0.408 e. The van der Waals surface area contributed by atoms with Crippen LogP contribution >= 0.6 is 0 Å². The van der Waals surface area contributed by atoms with Gasteiger partial charge in [-0.15, -0.1) is 0 Å². The van der Waals surface area contributed by atoms with Crippen molar-refractivity contribution in [3.05, 3.63) is 101 Å². The van der Waals surface area contributed by atoms with Crippen molar-refractivity contribution in [3.8, 4) is 0 Å². The molecule has 6 rings (SSSR count). The number of nitrogens with zero attached hydrogens (tertiary/aromatic N) is 2. The molecule has 0 aliphatic carbocycles. The first-order valence-electron chi connectivity index (χ1n) is 15.6. The molecule has 1 unspecified atom stereocenters. The third-order valence-electron chi connectivity index (χ3n) is 8.60. The number of aliphatic hydroxyl groups is 1. The third-order valence-corrected chi connectivity index (χ3v) is 8.60. The van der Waals surface area contributed by atoms with Crippen molar-refractivity contribution in [2.45, 2.75) is 69.9 Å². The van der Waals surface area contributed by atoms with Crippen molar-refractivity contribution in [1.29, 1.82) is 0 Å². The number of amides is 3. The molecular weight excluding hydrogens is 574 g/mol. The molecule has 3 aromatic carbocycles. The summed E-state index contributed by atoms with van der Waals surface area (Å²) >= 11 is 0. The number of nitrogens with one attached hydrogen (secondary N) is 1. The molecular formula is C35H39N3O7. The molecule has 3 aliphatic rings. The fourth-order valence-corrected chi connectivity index (χ4v) is 6.17. The van der Waals surface area contributed by atoms with Gasteiger partial charge in [-0.1, -0.05) is 73.2 Å². The molecule has 3 aromatic rings. The van der Waals surface area contributed by atoms with E-state index in [0.29, 0.717) is 12.1 Å². The lowest BCUT2D eigenvalue weighted by molar-refractivity contribution is -0.253. The highest BCUT2D eigenvalue weighted by atomic mass is 16.7. The summed E-state index contributed by atoms with van der Waals surface area (Å²) in [6.07, 6.45) is 2.58. The standard InChI is InChI=1S/C35H39N3O7/c39-22-24-9-11-26(12-10-24)31-19-29(21-37-17-5-2-6-18-37)44-34(45-31)27-13-15-28(16-14-27)38-32(40)20-30(33(38)41)36-35(42)43-23-25-7-3-1-4-8-25/h1,3-4,7-16,29-31,34,39H,2,5-6,17-23H2,(H,36,42)/t29-,30?,31+,34+/m1/s1. The molecule has 3 fully saturated rings. The van der Waals surface area contributed by atoms with E-state index in [1.54, 1.807) is 12.1 Å². The fraction of sp³-hybridized carbons (Fsp3) is 0.400. The van der Waals surface area contributed by atoms with Gasteiger partial charge >= 0.3 is 6.09 Å². The van der Waals surface area contributed by atoms with Crippen LogP contribution in [0.4, 0.5) is 10.5 Å². The van der Waals surface area contributed by atoms with E-state index in [-0.39, 0.29) is 31.8 Å². The van der Waals surface area contributed by atoms with Gasteiger partial charge in [-0.25, -0.2) is 9.69 Å². The number of imide groups is 1. The Hall–Kier alpha value is -4.09. The molecule has 3 aliphatic heterocycles. The number of ether oxygens (including phenoxy) is 3. The second kappa shape index (κ2) is 14.3. The largest absolute Gasteiger partial charge is 0.445 e.